The van der Waals surface area contributed by atoms with Gasteiger partial charge in [0.2, 0.25) is 0 Å². The van der Waals surface area contributed by atoms with Gasteiger partial charge < -0.3 is 10.4 Å². The second-order valence-corrected chi connectivity index (χ2v) is 6.11. The summed E-state index contributed by atoms with van der Waals surface area (Å²) in [6.45, 7) is 2.13. The minimum atomic E-state index is -0.655. The Labute approximate surface area is 122 Å². The van der Waals surface area contributed by atoms with E-state index < -0.39 is 5.97 Å². The molecule has 19 heavy (non-hydrogen) atoms. The number of carboxylic acids is 1. The highest BCUT2D eigenvalue weighted by Crippen LogP contribution is 2.29. The minimum Gasteiger partial charge on any atom is -0.481 e. The minimum absolute atomic E-state index is 0.188. The van der Waals surface area contributed by atoms with Crippen molar-refractivity contribution in [2.45, 2.75) is 45.1 Å². The van der Waals surface area contributed by atoms with Crippen molar-refractivity contribution in [3.63, 3.8) is 0 Å². The molecule has 0 saturated heterocycles. The van der Waals surface area contributed by atoms with Crippen molar-refractivity contribution in [3.05, 3.63) is 28.2 Å². The molecule has 1 aromatic carbocycles. The molecule has 2 N–H and O–H groups in total. The van der Waals surface area contributed by atoms with Gasteiger partial charge in [0.1, 0.15) is 0 Å². The molecule has 104 valence electrons. The number of carboxylic acid groups (broad SMARTS) is 1. The van der Waals surface area contributed by atoms with Crippen LogP contribution in [0.3, 0.4) is 0 Å². The first-order valence-electron chi connectivity index (χ1n) is 6.88. The molecule has 3 nitrogen and oxygen atoms in total. The summed E-state index contributed by atoms with van der Waals surface area (Å²) in [6, 6.07) is 6.51. The maximum absolute atomic E-state index is 11.1. The molecule has 1 aliphatic carbocycles. The number of hydrogen-bond acceptors (Lipinski definition) is 2. The maximum Gasteiger partial charge on any atom is 0.306 e. The average molecular weight is 326 g/mol. The number of nitrogens with one attached hydrogen (secondary N) is 1. The van der Waals surface area contributed by atoms with Crippen molar-refractivity contribution < 1.29 is 9.90 Å². The van der Waals surface area contributed by atoms with Gasteiger partial charge in [-0.1, -0.05) is 29.3 Å². The number of rotatable bonds is 4. The van der Waals surface area contributed by atoms with Crippen LogP contribution in [0.25, 0.3) is 0 Å². The van der Waals surface area contributed by atoms with Gasteiger partial charge in [0.25, 0.3) is 0 Å². The van der Waals surface area contributed by atoms with Crippen molar-refractivity contribution in [3.8, 4) is 0 Å². The lowest BCUT2D eigenvalue weighted by molar-refractivity contribution is -0.142. The Morgan fingerprint density at radius 2 is 2.26 bits per heavy atom. The second kappa shape index (κ2) is 6.42. The highest BCUT2D eigenvalue weighted by molar-refractivity contribution is 9.10. The molecule has 0 amide bonds. The fraction of sp³-hybridized carbons (Fsp3) is 0.533. The summed E-state index contributed by atoms with van der Waals surface area (Å²) in [5.74, 6) is -0.843. The van der Waals surface area contributed by atoms with Crippen LogP contribution in [0.1, 0.15) is 38.2 Å². The zero-order valence-corrected chi connectivity index (χ0v) is 12.7. The van der Waals surface area contributed by atoms with Gasteiger partial charge in [-0.2, -0.15) is 0 Å². The van der Waals surface area contributed by atoms with E-state index >= 15 is 0 Å². The molecule has 1 fully saturated rings. The summed E-state index contributed by atoms with van der Waals surface area (Å²) in [5, 5.41) is 12.7. The van der Waals surface area contributed by atoms with E-state index in [0.29, 0.717) is 0 Å². The molecule has 2 unspecified atom stereocenters. The van der Waals surface area contributed by atoms with Gasteiger partial charge in [0.05, 0.1) is 5.92 Å². The van der Waals surface area contributed by atoms with Crippen LogP contribution < -0.4 is 5.32 Å². The van der Waals surface area contributed by atoms with E-state index in [1.54, 1.807) is 0 Å². The Balaban J connectivity index is 2.06. The van der Waals surface area contributed by atoms with Gasteiger partial charge in [-0.15, -0.1) is 0 Å². The van der Waals surface area contributed by atoms with Crippen LogP contribution in [-0.2, 0) is 11.2 Å². The number of anilines is 1. The van der Waals surface area contributed by atoms with Gasteiger partial charge >= 0.3 is 5.97 Å². The number of halogens is 1. The molecule has 1 saturated carbocycles. The van der Waals surface area contributed by atoms with Crippen molar-refractivity contribution >= 4 is 27.6 Å². The molecule has 0 aliphatic heterocycles. The van der Waals surface area contributed by atoms with Crippen molar-refractivity contribution in [1.29, 1.82) is 0 Å². The summed E-state index contributed by atoms with van der Waals surface area (Å²) in [6.07, 6.45) is 4.56. The number of aryl methyl sites for hydroxylation is 1. The number of benzene rings is 1. The van der Waals surface area contributed by atoms with E-state index in [-0.39, 0.29) is 12.0 Å². The highest BCUT2D eigenvalue weighted by atomic mass is 79.9. The van der Waals surface area contributed by atoms with Gasteiger partial charge in [-0.25, -0.2) is 0 Å². The topological polar surface area (TPSA) is 49.3 Å². The summed E-state index contributed by atoms with van der Waals surface area (Å²) >= 11 is 3.49. The van der Waals surface area contributed by atoms with Crippen LogP contribution in [-0.4, -0.2) is 17.1 Å². The smallest absolute Gasteiger partial charge is 0.306 e. The van der Waals surface area contributed by atoms with Gasteiger partial charge in [-0.05, 0) is 49.4 Å². The third-order valence-electron chi connectivity index (χ3n) is 3.83. The Morgan fingerprint density at radius 1 is 1.47 bits per heavy atom. The van der Waals surface area contributed by atoms with Crippen molar-refractivity contribution in [2.24, 2.45) is 5.92 Å². The Hall–Kier alpha value is -1.03. The summed E-state index contributed by atoms with van der Waals surface area (Å²) in [5.41, 5.74) is 2.41. The van der Waals surface area contributed by atoms with Gasteiger partial charge in [0.15, 0.2) is 0 Å². The first-order valence-corrected chi connectivity index (χ1v) is 7.67. The van der Waals surface area contributed by atoms with E-state index in [9.17, 15) is 4.79 Å². The number of hydrogen-bond donors (Lipinski definition) is 2. The predicted molar refractivity (Wildman–Crippen MR) is 80.5 cm³/mol. The summed E-state index contributed by atoms with van der Waals surface area (Å²) in [7, 11) is 0. The second-order valence-electron chi connectivity index (χ2n) is 5.20. The molecular formula is C15H20BrNO2. The monoisotopic (exact) mass is 325 g/mol. The largest absolute Gasteiger partial charge is 0.481 e. The molecule has 2 rings (SSSR count). The van der Waals surface area contributed by atoms with E-state index in [1.807, 2.05) is 6.07 Å². The third kappa shape index (κ3) is 3.72. The Bertz CT molecular complexity index is 461. The molecule has 4 heteroatoms. The lowest BCUT2D eigenvalue weighted by atomic mass is 9.85. The van der Waals surface area contributed by atoms with Crippen molar-refractivity contribution in [2.75, 3.05) is 5.32 Å². The van der Waals surface area contributed by atoms with Crippen LogP contribution in [0, 0.1) is 5.92 Å². The standard InChI is InChI=1S/C15H20BrNO2/c1-2-10-8-12(16)6-7-14(10)17-13-5-3-4-11(9-13)15(18)19/h6-8,11,13,17H,2-5,9H2,1H3,(H,18,19). The average Bonchev–Trinajstić information content (AvgIpc) is 2.41. The van der Waals surface area contributed by atoms with Crippen LogP contribution >= 0.6 is 15.9 Å². The molecule has 1 aromatic rings. The molecule has 0 bridgehead atoms. The number of carbonyl (C=O) groups is 1. The Kier molecular flexibility index (Phi) is 4.86. The quantitative estimate of drug-likeness (QED) is 0.877. The van der Waals surface area contributed by atoms with Crippen LogP contribution in [0.15, 0.2) is 22.7 Å². The molecule has 0 aromatic heterocycles. The van der Waals surface area contributed by atoms with E-state index in [4.69, 9.17) is 5.11 Å². The SMILES string of the molecule is CCc1cc(Br)ccc1NC1CCCC(C(=O)O)C1. The fourth-order valence-corrected chi connectivity index (χ4v) is 3.17. The first-order chi connectivity index (χ1) is 9.10. The van der Waals surface area contributed by atoms with Crippen LogP contribution in [0.2, 0.25) is 0 Å². The van der Waals surface area contributed by atoms with E-state index in [1.165, 1.54) is 5.56 Å². The molecule has 0 heterocycles. The molecule has 1 aliphatic rings. The van der Waals surface area contributed by atoms with Crippen LogP contribution in [0.5, 0.6) is 0 Å². The lowest BCUT2D eigenvalue weighted by Crippen LogP contribution is -2.31. The van der Waals surface area contributed by atoms with Crippen LogP contribution in [0.4, 0.5) is 5.69 Å². The highest BCUT2D eigenvalue weighted by Gasteiger charge is 2.27. The van der Waals surface area contributed by atoms with Gasteiger partial charge in [-0.3, -0.25) is 4.79 Å². The molecular weight excluding hydrogens is 306 g/mol. The predicted octanol–water partition coefficient (Wildman–Crippen LogP) is 4.07. The summed E-state index contributed by atoms with van der Waals surface area (Å²) < 4.78 is 1.09. The van der Waals surface area contributed by atoms with E-state index in [0.717, 1.165) is 42.3 Å². The van der Waals surface area contributed by atoms with E-state index in [2.05, 4.69) is 40.3 Å². The Morgan fingerprint density at radius 3 is 2.95 bits per heavy atom. The maximum atomic E-state index is 11.1. The van der Waals surface area contributed by atoms with Gasteiger partial charge in [0, 0.05) is 16.2 Å². The number of aliphatic carboxylic acids is 1. The fourth-order valence-electron chi connectivity index (χ4n) is 2.76. The first kappa shape index (κ1) is 14.4. The molecule has 0 radical (unpaired) electrons. The summed E-state index contributed by atoms with van der Waals surface area (Å²) in [4.78, 5) is 11.1. The lowest BCUT2D eigenvalue weighted by Gasteiger charge is -2.29. The van der Waals surface area contributed by atoms with Crippen molar-refractivity contribution in [1.82, 2.24) is 0 Å². The molecule has 0 spiro atoms. The molecule has 2 atom stereocenters. The zero-order valence-electron chi connectivity index (χ0n) is 11.2. The zero-order chi connectivity index (χ0) is 13.8. The normalized spacial score (nSPS) is 23.1. The third-order valence-corrected chi connectivity index (χ3v) is 4.32.